The van der Waals surface area contributed by atoms with Crippen LogP contribution in [0.5, 0.6) is 0 Å². The highest BCUT2D eigenvalue weighted by atomic mass is 32.2. The molecule has 0 radical (unpaired) electrons. The van der Waals surface area contributed by atoms with Crippen LogP contribution in [-0.2, 0) is 0 Å². The zero-order valence-corrected chi connectivity index (χ0v) is 14.0. The molecular formula is C17H30N2S. The lowest BCUT2D eigenvalue weighted by Gasteiger charge is -2.38. The zero-order chi connectivity index (χ0) is 14.4. The normalized spacial score (nSPS) is 38.4. The smallest absolute Gasteiger partial charge is 0.107 e. The van der Waals surface area contributed by atoms with Gasteiger partial charge in [0.15, 0.2) is 0 Å². The van der Waals surface area contributed by atoms with E-state index in [1.165, 1.54) is 38.5 Å². The third kappa shape index (κ3) is 4.40. The highest BCUT2D eigenvalue weighted by Crippen LogP contribution is 2.41. The number of nitriles is 1. The topological polar surface area (TPSA) is 35.8 Å². The van der Waals surface area contributed by atoms with Gasteiger partial charge in [0, 0.05) is 10.5 Å². The van der Waals surface area contributed by atoms with E-state index in [-0.39, 0.29) is 5.54 Å². The number of nitrogens with zero attached hydrogens (tertiary/aromatic N) is 1. The third-order valence-corrected chi connectivity index (χ3v) is 6.51. The summed E-state index contributed by atoms with van der Waals surface area (Å²) >= 11 is 2.21. The Morgan fingerprint density at radius 2 is 2.05 bits per heavy atom. The van der Waals surface area contributed by atoms with Crippen molar-refractivity contribution in [2.75, 3.05) is 6.54 Å². The minimum absolute atomic E-state index is 0.230. The first kappa shape index (κ1) is 16.2. The molecule has 0 aromatic rings. The molecule has 2 saturated carbocycles. The molecule has 2 aliphatic rings. The maximum absolute atomic E-state index is 9.61. The lowest BCUT2D eigenvalue weighted by Crippen LogP contribution is -2.48. The van der Waals surface area contributed by atoms with Crippen molar-refractivity contribution in [2.45, 2.75) is 87.7 Å². The second-order valence-electron chi connectivity index (χ2n) is 6.87. The highest BCUT2D eigenvalue weighted by molar-refractivity contribution is 8.00. The maximum atomic E-state index is 9.61. The first-order chi connectivity index (χ1) is 9.67. The van der Waals surface area contributed by atoms with Crippen molar-refractivity contribution in [3.8, 4) is 6.07 Å². The van der Waals surface area contributed by atoms with Crippen molar-refractivity contribution in [2.24, 2.45) is 5.92 Å². The van der Waals surface area contributed by atoms with E-state index >= 15 is 0 Å². The van der Waals surface area contributed by atoms with Gasteiger partial charge in [-0.15, -0.1) is 0 Å². The van der Waals surface area contributed by atoms with E-state index in [1.807, 2.05) is 0 Å². The van der Waals surface area contributed by atoms with Crippen LogP contribution in [0, 0.1) is 17.2 Å². The lowest BCUT2D eigenvalue weighted by molar-refractivity contribution is 0.303. The van der Waals surface area contributed by atoms with Gasteiger partial charge in [0.1, 0.15) is 5.54 Å². The van der Waals surface area contributed by atoms with Gasteiger partial charge in [-0.25, -0.2) is 0 Å². The Labute approximate surface area is 129 Å². The minimum atomic E-state index is -0.230. The van der Waals surface area contributed by atoms with Crippen LogP contribution in [0.4, 0.5) is 0 Å². The Morgan fingerprint density at radius 1 is 1.25 bits per heavy atom. The van der Waals surface area contributed by atoms with Gasteiger partial charge < -0.3 is 0 Å². The van der Waals surface area contributed by atoms with Crippen LogP contribution in [-0.4, -0.2) is 22.6 Å². The van der Waals surface area contributed by atoms with Gasteiger partial charge in [-0.1, -0.05) is 26.7 Å². The molecule has 3 heteroatoms. The number of rotatable bonds is 5. The molecule has 2 nitrogen and oxygen atoms in total. The molecule has 114 valence electrons. The standard InChI is InChI=1S/C17H30N2S/c1-3-10-19-17(13-18)9-5-8-16(12-17)20-15-7-4-6-14(2)11-15/h14-16,19H,3-12H2,1-2H3. The van der Waals surface area contributed by atoms with Crippen LogP contribution in [0.1, 0.15) is 71.6 Å². The fraction of sp³-hybridized carbons (Fsp3) is 0.941. The summed E-state index contributed by atoms with van der Waals surface area (Å²) in [5, 5.41) is 14.7. The number of hydrogen-bond acceptors (Lipinski definition) is 3. The lowest BCUT2D eigenvalue weighted by atomic mass is 9.82. The number of hydrogen-bond donors (Lipinski definition) is 1. The molecule has 2 aliphatic carbocycles. The summed E-state index contributed by atoms with van der Waals surface area (Å²) in [6, 6.07) is 2.60. The molecule has 0 saturated heterocycles. The second-order valence-corrected chi connectivity index (χ2v) is 8.47. The Hall–Kier alpha value is -0.200. The predicted molar refractivity (Wildman–Crippen MR) is 87.9 cm³/mol. The Balaban J connectivity index is 1.87. The predicted octanol–water partition coefficient (Wildman–Crippen LogP) is 4.50. The highest BCUT2D eigenvalue weighted by Gasteiger charge is 2.37. The summed E-state index contributed by atoms with van der Waals surface area (Å²) < 4.78 is 0. The molecule has 2 rings (SSSR count). The maximum Gasteiger partial charge on any atom is 0.107 e. The van der Waals surface area contributed by atoms with E-state index in [4.69, 9.17) is 0 Å². The van der Waals surface area contributed by atoms with Crippen LogP contribution in [0.2, 0.25) is 0 Å². The Morgan fingerprint density at radius 3 is 2.75 bits per heavy atom. The van der Waals surface area contributed by atoms with Crippen LogP contribution in [0.25, 0.3) is 0 Å². The van der Waals surface area contributed by atoms with E-state index in [9.17, 15) is 5.26 Å². The average Bonchev–Trinajstić information content (AvgIpc) is 2.45. The molecule has 2 fully saturated rings. The van der Waals surface area contributed by atoms with Gasteiger partial charge in [0.2, 0.25) is 0 Å². The van der Waals surface area contributed by atoms with Crippen molar-refractivity contribution < 1.29 is 0 Å². The largest absolute Gasteiger partial charge is 0.299 e. The van der Waals surface area contributed by atoms with Crippen LogP contribution >= 0.6 is 11.8 Å². The third-order valence-electron chi connectivity index (χ3n) is 4.91. The van der Waals surface area contributed by atoms with E-state index in [0.717, 1.165) is 37.0 Å². The molecule has 0 amide bonds. The summed E-state index contributed by atoms with van der Waals surface area (Å²) in [6.45, 7) is 5.55. The van der Waals surface area contributed by atoms with E-state index in [0.29, 0.717) is 5.25 Å². The number of thioether (sulfide) groups is 1. The Bertz CT molecular complexity index is 338. The fourth-order valence-corrected chi connectivity index (χ4v) is 5.75. The second kappa shape index (κ2) is 7.71. The van der Waals surface area contributed by atoms with E-state index in [2.05, 4.69) is 37.0 Å². The summed E-state index contributed by atoms with van der Waals surface area (Å²) in [4.78, 5) is 0. The monoisotopic (exact) mass is 294 g/mol. The minimum Gasteiger partial charge on any atom is -0.299 e. The molecule has 4 atom stereocenters. The van der Waals surface area contributed by atoms with Gasteiger partial charge in [0.25, 0.3) is 0 Å². The molecule has 1 N–H and O–H groups in total. The fourth-order valence-electron chi connectivity index (χ4n) is 3.78. The van der Waals surface area contributed by atoms with Crippen molar-refractivity contribution in [3.63, 3.8) is 0 Å². The summed E-state index contributed by atoms with van der Waals surface area (Å²) in [5.74, 6) is 0.906. The summed E-state index contributed by atoms with van der Waals surface area (Å²) in [7, 11) is 0. The summed E-state index contributed by atoms with van der Waals surface area (Å²) in [6.07, 6.45) is 11.3. The van der Waals surface area contributed by atoms with Crippen molar-refractivity contribution in [3.05, 3.63) is 0 Å². The van der Waals surface area contributed by atoms with Gasteiger partial charge in [-0.2, -0.15) is 17.0 Å². The molecule has 0 bridgehead atoms. The van der Waals surface area contributed by atoms with Crippen LogP contribution in [0.3, 0.4) is 0 Å². The molecule has 0 aliphatic heterocycles. The van der Waals surface area contributed by atoms with Crippen molar-refractivity contribution >= 4 is 11.8 Å². The molecule has 0 aromatic heterocycles. The van der Waals surface area contributed by atoms with Crippen molar-refractivity contribution in [1.82, 2.24) is 5.32 Å². The van der Waals surface area contributed by atoms with Gasteiger partial charge in [-0.05, 0) is 57.4 Å². The first-order valence-corrected chi connectivity index (χ1v) is 9.43. The SMILES string of the molecule is CCCNC1(C#N)CCCC(SC2CCCC(C)C2)C1. The molecule has 4 unspecified atom stereocenters. The van der Waals surface area contributed by atoms with E-state index in [1.54, 1.807) is 0 Å². The first-order valence-electron chi connectivity index (χ1n) is 8.49. The van der Waals surface area contributed by atoms with Crippen molar-refractivity contribution in [1.29, 1.82) is 5.26 Å². The van der Waals surface area contributed by atoms with Gasteiger partial charge >= 0.3 is 0 Å². The molecule has 20 heavy (non-hydrogen) atoms. The average molecular weight is 295 g/mol. The van der Waals surface area contributed by atoms with Gasteiger partial charge in [-0.3, -0.25) is 5.32 Å². The van der Waals surface area contributed by atoms with Crippen LogP contribution in [0.15, 0.2) is 0 Å². The molecule has 0 aromatic carbocycles. The van der Waals surface area contributed by atoms with Gasteiger partial charge in [0.05, 0.1) is 6.07 Å². The molecular weight excluding hydrogens is 264 g/mol. The molecule has 0 heterocycles. The van der Waals surface area contributed by atoms with E-state index < -0.39 is 0 Å². The zero-order valence-electron chi connectivity index (χ0n) is 13.2. The van der Waals surface area contributed by atoms with Crippen LogP contribution < -0.4 is 5.32 Å². The summed E-state index contributed by atoms with van der Waals surface area (Å²) in [5.41, 5.74) is -0.230. The quantitative estimate of drug-likeness (QED) is 0.810. The Kier molecular flexibility index (Phi) is 6.23. The molecule has 0 spiro atoms. The number of nitrogens with one attached hydrogen (secondary N) is 1.